The van der Waals surface area contributed by atoms with E-state index in [-0.39, 0.29) is 12.5 Å². The zero-order valence-electron chi connectivity index (χ0n) is 9.31. The van der Waals surface area contributed by atoms with Gasteiger partial charge in [-0.3, -0.25) is 0 Å². The fourth-order valence-electron chi connectivity index (χ4n) is 1.40. The maximum Gasteiger partial charge on any atom is 0.245 e. The summed E-state index contributed by atoms with van der Waals surface area (Å²) in [7, 11) is 0. The number of halogens is 2. The zero-order valence-corrected chi connectivity index (χ0v) is 10.1. The van der Waals surface area contributed by atoms with E-state index in [1.807, 2.05) is 0 Å². The van der Waals surface area contributed by atoms with Gasteiger partial charge in [0.1, 0.15) is 11.9 Å². The molecule has 0 bridgehead atoms. The molecule has 0 amide bonds. The van der Waals surface area contributed by atoms with Crippen LogP contribution in [0.5, 0.6) is 0 Å². The van der Waals surface area contributed by atoms with E-state index in [9.17, 15) is 4.39 Å². The van der Waals surface area contributed by atoms with Gasteiger partial charge in [0.2, 0.25) is 5.89 Å². The third kappa shape index (κ3) is 2.84. The van der Waals surface area contributed by atoms with Crippen molar-refractivity contribution in [3.8, 4) is 0 Å². The lowest BCUT2D eigenvalue weighted by Crippen LogP contribution is -2.14. The van der Waals surface area contributed by atoms with Crippen molar-refractivity contribution >= 4 is 11.6 Å². The molecule has 18 heavy (non-hydrogen) atoms. The summed E-state index contributed by atoms with van der Waals surface area (Å²) in [6, 6.07) is 3.38. The summed E-state index contributed by atoms with van der Waals surface area (Å²) in [6.45, 7) is -0.279. The molecule has 1 aromatic heterocycles. The van der Waals surface area contributed by atoms with Gasteiger partial charge < -0.3 is 15.4 Å². The zero-order chi connectivity index (χ0) is 13.1. The van der Waals surface area contributed by atoms with Gasteiger partial charge in [0.15, 0.2) is 5.82 Å². The second-order valence-corrected chi connectivity index (χ2v) is 4.16. The van der Waals surface area contributed by atoms with Gasteiger partial charge in [-0.1, -0.05) is 22.8 Å². The van der Waals surface area contributed by atoms with Crippen molar-refractivity contribution < 1.29 is 14.0 Å². The van der Waals surface area contributed by atoms with E-state index in [0.29, 0.717) is 22.8 Å². The maximum absolute atomic E-state index is 12.9. The molecule has 5 nitrogen and oxygen atoms in total. The molecular weight excluding hydrogens is 261 g/mol. The minimum absolute atomic E-state index is 0.158. The molecule has 0 radical (unpaired) electrons. The monoisotopic (exact) mass is 271 g/mol. The summed E-state index contributed by atoms with van der Waals surface area (Å²) in [6.07, 6.45) is 0.306. The van der Waals surface area contributed by atoms with Crippen LogP contribution in [0.1, 0.15) is 23.3 Å². The Labute approximate surface area is 107 Å². The predicted octanol–water partition coefficient (Wildman–Crippen LogP) is 1.44. The van der Waals surface area contributed by atoms with Crippen molar-refractivity contribution in [2.45, 2.75) is 12.5 Å². The smallest absolute Gasteiger partial charge is 0.245 e. The van der Waals surface area contributed by atoms with E-state index < -0.39 is 11.9 Å². The standard InChI is InChI=1S/C11H11ClFN3O2/c12-8-4-7(13)2-1-6(8)3-10-15-11(18-16-10)9(14)5-17/h1-2,4,9,17H,3,5,14H2/t9-/m1/s1. The molecule has 1 aromatic carbocycles. The highest BCUT2D eigenvalue weighted by molar-refractivity contribution is 6.31. The van der Waals surface area contributed by atoms with Gasteiger partial charge in [-0.05, 0) is 17.7 Å². The Morgan fingerprint density at radius 3 is 2.94 bits per heavy atom. The first-order valence-electron chi connectivity index (χ1n) is 5.23. The number of aliphatic hydroxyl groups excluding tert-OH is 1. The molecule has 2 rings (SSSR count). The molecule has 0 saturated carbocycles. The normalized spacial score (nSPS) is 12.7. The SMILES string of the molecule is N[C@H](CO)c1nc(Cc2ccc(F)cc2Cl)no1. The lowest BCUT2D eigenvalue weighted by atomic mass is 10.1. The highest BCUT2D eigenvalue weighted by Gasteiger charge is 2.14. The van der Waals surface area contributed by atoms with E-state index >= 15 is 0 Å². The molecule has 2 aromatic rings. The Kier molecular flexibility index (Phi) is 3.90. The topological polar surface area (TPSA) is 85.2 Å². The number of aromatic nitrogens is 2. The van der Waals surface area contributed by atoms with Crippen molar-refractivity contribution in [1.82, 2.24) is 10.1 Å². The van der Waals surface area contributed by atoms with Crippen LogP contribution in [0.4, 0.5) is 4.39 Å². The molecule has 3 N–H and O–H groups in total. The molecule has 0 unspecified atom stereocenters. The number of nitrogens with two attached hydrogens (primary N) is 1. The lowest BCUT2D eigenvalue weighted by Gasteiger charge is -2.01. The molecular formula is C11H11ClFN3O2. The highest BCUT2D eigenvalue weighted by atomic mass is 35.5. The molecule has 0 aliphatic carbocycles. The van der Waals surface area contributed by atoms with Crippen LogP contribution in [0.15, 0.2) is 22.7 Å². The molecule has 0 saturated heterocycles. The van der Waals surface area contributed by atoms with Gasteiger partial charge in [0, 0.05) is 11.4 Å². The molecule has 7 heteroatoms. The fraction of sp³-hybridized carbons (Fsp3) is 0.273. The van der Waals surface area contributed by atoms with E-state index in [1.54, 1.807) is 6.07 Å². The highest BCUT2D eigenvalue weighted by Crippen LogP contribution is 2.20. The first-order valence-corrected chi connectivity index (χ1v) is 5.61. The van der Waals surface area contributed by atoms with Crippen molar-refractivity contribution in [2.24, 2.45) is 5.73 Å². The van der Waals surface area contributed by atoms with Crippen molar-refractivity contribution in [3.05, 3.63) is 46.3 Å². The van der Waals surface area contributed by atoms with Crippen LogP contribution in [-0.4, -0.2) is 21.9 Å². The molecule has 1 atom stereocenters. The average Bonchev–Trinajstić information content (AvgIpc) is 2.80. The van der Waals surface area contributed by atoms with Crippen LogP contribution in [0.2, 0.25) is 5.02 Å². The second-order valence-electron chi connectivity index (χ2n) is 3.75. The summed E-state index contributed by atoms with van der Waals surface area (Å²) >= 11 is 5.89. The molecule has 0 aliphatic heterocycles. The van der Waals surface area contributed by atoms with E-state index in [0.717, 1.165) is 0 Å². The number of hydrogen-bond acceptors (Lipinski definition) is 5. The second kappa shape index (κ2) is 5.43. The van der Waals surface area contributed by atoms with Crippen molar-refractivity contribution in [1.29, 1.82) is 0 Å². The third-order valence-corrected chi connectivity index (χ3v) is 2.71. The largest absolute Gasteiger partial charge is 0.394 e. The van der Waals surface area contributed by atoms with Gasteiger partial charge in [-0.15, -0.1) is 0 Å². The number of aliphatic hydroxyl groups is 1. The first kappa shape index (κ1) is 12.9. The Bertz CT molecular complexity index is 547. The van der Waals surface area contributed by atoms with Crippen LogP contribution in [0, 0.1) is 5.82 Å². The van der Waals surface area contributed by atoms with E-state index in [2.05, 4.69) is 10.1 Å². The lowest BCUT2D eigenvalue weighted by molar-refractivity contribution is 0.236. The maximum atomic E-state index is 12.9. The summed E-state index contributed by atoms with van der Waals surface area (Å²) in [5, 5.41) is 12.9. The minimum atomic E-state index is -0.699. The molecule has 1 heterocycles. The average molecular weight is 272 g/mol. The van der Waals surface area contributed by atoms with Crippen LogP contribution in [0.25, 0.3) is 0 Å². The number of rotatable bonds is 4. The summed E-state index contributed by atoms with van der Waals surface area (Å²) < 4.78 is 17.8. The van der Waals surface area contributed by atoms with Gasteiger partial charge in [0.25, 0.3) is 0 Å². The Hall–Kier alpha value is -1.50. The molecule has 0 spiro atoms. The molecule has 96 valence electrons. The van der Waals surface area contributed by atoms with Gasteiger partial charge in [0.05, 0.1) is 6.61 Å². The van der Waals surface area contributed by atoms with Crippen LogP contribution < -0.4 is 5.73 Å². The number of benzene rings is 1. The summed E-state index contributed by atoms with van der Waals surface area (Å²) in [4.78, 5) is 4.02. The predicted molar refractivity (Wildman–Crippen MR) is 62.5 cm³/mol. The summed E-state index contributed by atoms with van der Waals surface area (Å²) in [5.74, 6) is 0.132. The summed E-state index contributed by atoms with van der Waals surface area (Å²) in [5.41, 5.74) is 6.21. The minimum Gasteiger partial charge on any atom is -0.394 e. The number of hydrogen-bond donors (Lipinski definition) is 2. The van der Waals surface area contributed by atoms with Gasteiger partial charge >= 0.3 is 0 Å². The Morgan fingerprint density at radius 1 is 1.50 bits per heavy atom. The van der Waals surface area contributed by atoms with E-state index in [4.69, 9.17) is 27.0 Å². The van der Waals surface area contributed by atoms with E-state index in [1.165, 1.54) is 12.1 Å². The Morgan fingerprint density at radius 2 is 2.28 bits per heavy atom. The van der Waals surface area contributed by atoms with Crippen LogP contribution >= 0.6 is 11.6 Å². The third-order valence-electron chi connectivity index (χ3n) is 2.36. The molecule has 0 fully saturated rings. The van der Waals surface area contributed by atoms with Crippen LogP contribution in [0.3, 0.4) is 0 Å². The molecule has 0 aliphatic rings. The Balaban J connectivity index is 2.16. The van der Waals surface area contributed by atoms with Gasteiger partial charge in [-0.2, -0.15) is 4.98 Å². The fourth-order valence-corrected chi connectivity index (χ4v) is 1.64. The van der Waals surface area contributed by atoms with Crippen LogP contribution in [-0.2, 0) is 6.42 Å². The quantitative estimate of drug-likeness (QED) is 0.879. The van der Waals surface area contributed by atoms with Gasteiger partial charge in [-0.25, -0.2) is 4.39 Å². The van der Waals surface area contributed by atoms with Crippen molar-refractivity contribution in [2.75, 3.05) is 6.61 Å². The van der Waals surface area contributed by atoms with Crippen molar-refractivity contribution in [3.63, 3.8) is 0 Å². The number of nitrogens with zero attached hydrogens (tertiary/aromatic N) is 2. The first-order chi connectivity index (χ1) is 8.60.